The van der Waals surface area contributed by atoms with Gasteiger partial charge in [0.25, 0.3) is 0 Å². The Morgan fingerprint density at radius 3 is 1.94 bits per heavy atom. The summed E-state index contributed by atoms with van der Waals surface area (Å²) in [6.07, 6.45) is 11.6. The third-order valence-electron chi connectivity index (χ3n) is 3.71. The molecule has 2 rings (SSSR count). The Hall–Kier alpha value is -1.04. The van der Waals surface area contributed by atoms with Crippen molar-refractivity contribution in [2.75, 3.05) is 0 Å². The third-order valence-corrected chi connectivity index (χ3v) is 3.71. The summed E-state index contributed by atoms with van der Waals surface area (Å²) in [5.41, 5.74) is 2.73. The summed E-state index contributed by atoms with van der Waals surface area (Å²) in [6.45, 7) is 8.20. The maximum atomic E-state index is 3.74. The first-order valence-electron chi connectivity index (χ1n) is 7.54. The molecule has 1 saturated carbocycles. The smallest absolute Gasteiger partial charge is 0.0162 e. The highest BCUT2D eigenvalue weighted by Gasteiger charge is 2.18. The fourth-order valence-electron chi connectivity index (χ4n) is 2.15. The molecule has 0 radical (unpaired) electrons. The normalized spacial score (nSPS) is 14.3. The van der Waals surface area contributed by atoms with E-state index in [0.717, 1.165) is 5.92 Å². The molecule has 0 amide bonds. The molecule has 1 fully saturated rings. The fourth-order valence-corrected chi connectivity index (χ4v) is 2.15. The molecule has 0 atom stereocenters. The van der Waals surface area contributed by atoms with Crippen LogP contribution in [-0.4, -0.2) is 0 Å². The van der Waals surface area contributed by atoms with E-state index < -0.39 is 0 Å². The quantitative estimate of drug-likeness (QED) is 0.542. The first-order valence-corrected chi connectivity index (χ1v) is 7.54. The lowest BCUT2D eigenvalue weighted by atomic mass is 9.80. The SMILES string of the molecule is C=Cc1ccc(C2CCC2)cc1.CCCCCC. The zero-order valence-electron chi connectivity index (χ0n) is 12.1. The Bertz CT molecular complexity index is 312. The second-order valence-corrected chi connectivity index (χ2v) is 5.21. The van der Waals surface area contributed by atoms with Crippen LogP contribution in [0.15, 0.2) is 30.8 Å². The maximum Gasteiger partial charge on any atom is -0.0162 e. The summed E-state index contributed by atoms with van der Waals surface area (Å²) >= 11 is 0. The molecule has 0 spiro atoms. The highest BCUT2D eigenvalue weighted by Crippen LogP contribution is 2.36. The fraction of sp³-hybridized carbons (Fsp3) is 0.556. The minimum Gasteiger partial charge on any atom is -0.0985 e. The number of hydrogen-bond acceptors (Lipinski definition) is 0. The van der Waals surface area contributed by atoms with Gasteiger partial charge in [-0.1, -0.05) is 82.9 Å². The predicted octanol–water partition coefficient (Wildman–Crippen LogP) is 6.18. The van der Waals surface area contributed by atoms with Crippen molar-refractivity contribution in [2.45, 2.75) is 64.7 Å². The van der Waals surface area contributed by atoms with Crippen LogP contribution in [0, 0.1) is 0 Å². The lowest BCUT2D eigenvalue weighted by Crippen LogP contribution is -2.08. The van der Waals surface area contributed by atoms with E-state index in [1.54, 1.807) is 0 Å². The maximum absolute atomic E-state index is 3.74. The van der Waals surface area contributed by atoms with Gasteiger partial charge >= 0.3 is 0 Å². The molecule has 0 aromatic heterocycles. The van der Waals surface area contributed by atoms with Crippen LogP contribution in [-0.2, 0) is 0 Å². The second-order valence-electron chi connectivity index (χ2n) is 5.21. The van der Waals surface area contributed by atoms with Crippen molar-refractivity contribution in [1.82, 2.24) is 0 Å². The highest BCUT2D eigenvalue weighted by atomic mass is 14.2. The second kappa shape index (κ2) is 8.97. The first-order chi connectivity index (χ1) is 8.81. The molecule has 1 aliphatic carbocycles. The van der Waals surface area contributed by atoms with Crippen LogP contribution in [0.5, 0.6) is 0 Å². The van der Waals surface area contributed by atoms with Crippen molar-refractivity contribution in [2.24, 2.45) is 0 Å². The molecule has 0 unspecified atom stereocenters. The molecule has 0 bridgehead atoms. The molecule has 0 heteroatoms. The molecule has 1 aromatic rings. The van der Waals surface area contributed by atoms with Gasteiger partial charge in [0, 0.05) is 0 Å². The van der Waals surface area contributed by atoms with Gasteiger partial charge in [-0.15, -0.1) is 0 Å². The van der Waals surface area contributed by atoms with Gasteiger partial charge in [0.2, 0.25) is 0 Å². The van der Waals surface area contributed by atoms with E-state index in [0.29, 0.717) is 0 Å². The summed E-state index contributed by atoms with van der Waals surface area (Å²) in [7, 11) is 0. The number of unbranched alkanes of at least 4 members (excludes halogenated alkanes) is 3. The molecule has 0 saturated heterocycles. The summed E-state index contributed by atoms with van der Waals surface area (Å²) in [5.74, 6) is 0.851. The van der Waals surface area contributed by atoms with E-state index in [1.165, 1.54) is 56.1 Å². The van der Waals surface area contributed by atoms with E-state index in [-0.39, 0.29) is 0 Å². The molecule has 1 aromatic carbocycles. The zero-order chi connectivity index (χ0) is 13.2. The zero-order valence-corrected chi connectivity index (χ0v) is 12.1. The Kier molecular flexibility index (Phi) is 7.48. The van der Waals surface area contributed by atoms with Crippen molar-refractivity contribution in [1.29, 1.82) is 0 Å². The van der Waals surface area contributed by atoms with E-state index in [9.17, 15) is 0 Å². The predicted molar refractivity (Wildman–Crippen MR) is 82.9 cm³/mol. The van der Waals surface area contributed by atoms with Crippen LogP contribution in [0.4, 0.5) is 0 Å². The summed E-state index contributed by atoms with van der Waals surface area (Å²) < 4.78 is 0. The van der Waals surface area contributed by atoms with Gasteiger partial charge in [-0.25, -0.2) is 0 Å². The Balaban J connectivity index is 0.000000232. The minimum atomic E-state index is 0.851. The van der Waals surface area contributed by atoms with Gasteiger partial charge in [0.1, 0.15) is 0 Å². The molecule has 1 aliphatic rings. The molecule has 100 valence electrons. The summed E-state index contributed by atoms with van der Waals surface area (Å²) in [5, 5.41) is 0. The molecular formula is C18H28. The molecule has 0 heterocycles. The van der Waals surface area contributed by atoms with E-state index in [1.807, 2.05) is 6.08 Å². The lowest BCUT2D eigenvalue weighted by Gasteiger charge is -2.25. The van der Waals surface area contributed by atoms with Crippen LogP contribution < -0.4 is 0 Å². The van der Waals surface area contributed by atoms with Crippen LogP contribution in [0.1, 0.15) is 75.8 Å². The van der Waals surface area contributed by atoms with Gasteiger partial charge in [-0.05, 0) is 29.9 Å². The van der Waals surface area contributed by atoms with Crippen LogP contribution in [0.2, 0.25) is 0 Å². The molecule has 0 N–H and O–H groups in total. The van der Waals surface area contributed by atoms with Crippen LogP contribution in [0.25, 0.3) is 6.08 Å². The topological polar surface area (TPSA) is 0 Å². The van der Waals surface area contributed by atoms with Gasteiger partial charge in [0.05, 0.1) is 0 Å². The standard InChI is InChI=1S/C12H14.C6H14/c1-2-10-6-8-12(9-7-10)11-4-3-5-11;1-3-5-6-4-2/h2,6-9,11H,1,3-5H2;3-6H2,1-2H3. The van der Waals surface area contributed by atoms with Gasteiger partial charge in [-0.3, -0.25) is 0 Å². The lowest BCUT2D eigenvalue weighted by molar-refractivity contribution is 0.420. The molecular weight excluding hydrogens is 216 g/mol. The number of hydrogen-bond donors (Lipinski definition) is 0. The van der Waals surface area contributed by atoms with Crippen molar-refractivity contribution in [3.8, 4) is 0 Å². The van der Waals surface area contributed by atoms with E-state index >= 15 is 0 Å². The monoisotopic (exact) mass is 244 g/mol. The number of rotatable bonds is 5. The van der Waals surface area contributed by atoms with Crippen LogP contribution in [0.3, 0.4) is 0 Å². The highest BCUT2D eigenvalue weighted by molar-refractivity contribution is 5.47. The van der Waals surface area contributed by atoms with Gasteiger partial charge in [0.15, 0.2) is 0 Å². The van der Waals surface area contributed by atoms with Crippen molar-refractivity contribution in [3.63, 3.8) is 0 Å². The molecule has 0 aliphatic heterocycles. The van der Waals surface area contributed by atoms with Crippen molar-refractivity contribution in [3.05, 3.63) is 42.0 Å². The Morgan fingerprint density at radius 1 is 1.06 bits per heavy atom. The minimum absolute atomic E-state index is 0.851. The largest absolute Gasteiger partial charge is 0.0985 e. The van der Waals surface area contributed by atoms with E-state index in [2.05, 4.69) is 44.7 Å². The van der Waals surface area contributed by atoms with E-state index in [4.69, 9.17) is 0 Å². The molecule has 18 heavy (non-hydrogen) atoms. The Labute approximate surface area is 113 Å². The van der Waals surface area contributed by atoms with Crippen molar-refractivity contribution >= 4 is 6.08 Å². The average molecular weight is 244 g/mol. The summed E-state index contributed by atoms with van der Waals surface area (Å²) in [4.78, 5) is 0. The third kappa shape index (κ3) is 5.08. The summed E-state index contributed by atoms with van der Waals surface area (Å²) in [6, 6.07) is 8.78. The molecule has 0 nitrogen and oxygen atoms in total. The Morgan fingerprint density at radius 2 is 1.61 bits per heavy atom. The van der Waals surface area contributed by atoms with Gasteiger partial charge in [-0.2, -0.15) is 0 Å². The average Bonchev–Trinajstić information content (AvgIpc) is 2.36. The van der Waals surface area contributed by atoms with Gasteiger partial charge < -0.3 is 0 Å². The van der Waals surface area contributed by atoms with Crippen LogP contribution >= 0.6 is 0 Å². The number of benzene rings is 1. The van der Waals surface area contributed by atoms with Crippen molar-refractivity contribution < 1.29 is 0 Å². The first kappa shape index (κ1) is 15.0.